The van der Waals surface area contributed by atoms with Gasteiger partial charge in [0.1, 0.15) is 17.2 Å². The highest BCUT2D eigenvalue weighted by Crippen LogP contribution is 2.26. The molecule has 1 amide bonds. The number of aromatic nitrogens is 2. The SMILES string of the molecule is Cc1cccc(F)c1NCc1cnc(Cl)nc1NC1CCC(NC(=O)OC(C)(C)C)CC1. The van der Waals surface area contributed by atoms with Gasteiger partial charge in [0.05, 0.1) is 5.69 Å². The van der Waals surface area contributed by atoms with Crippen LogP contribution >= 0.6 is 11.6 Å². The predicted octanol–water partition coefficient (Wildman–Crippen LogP) is 5.44. The van der Waals surface area contributed by atoms with Crippen LogP contribution in [0.2, 0.25) is 5.28 Å². The first-order valence-electron chi connectivity index (χ1n) is 10.9. The van der Waals surface area contributed by atoms with Crippen LogP contribution in [0.15, 0.2) is 24.4 Å². The maximum absolute atomic E-state index is 14.1. The van der Waals surface area contributed by atoms with Crippen LogP contribution in [-0.2, 0) is 11.3 Å². The Hall–Kier alpha value is -2.61. The van der Waals surface area contributed by atoms with Gasteiger partial charge in [-0.1, -0.05) is 12.1 Å². The molecule has 0 radical (unpaired) electrons. The number of carbonyl (C=O) groups is 1. The van der Waals surface area contributed by atoms with Gasteiger partial charge in [-0.3, -0.25) is 0 Å². The van der Waals surface area contributed by atoms with Gasteiger partial charge < -0.3 is 20.7 Å². The second-order valence-electron chi connectivity index (χ2n) is 9.14. The van der Waals surface area contributed by atoms with Crippen molar-refractivity contribution in [3.8, 4) is 0 Å². The van der Waals surface area contributed by atoms with E-state index in [4.69, 9.17) is 16.3 Å². The summed E-state index contributed by atoms with van der Waals surface area (Å²) in [6.07, 6.45) is 4.66. The third kappa shape index (κ3) is 6.95. The zero-order valence-electron chi connectivity index (χ0n) is 19.0. The first kappa shape index (κ1) is 24.0. The number of nitrogens with one attached hydrogen (secondary N) is 3. The Morgan fingerprint density at radius 2 is 1.91 bits per heavy atom. The molecule has 7 nitrogen and oxygen atoms in total. The first-order chi connectivity index (χ1) is 15.1. The molecule has 9 heteroatoms. The number of para-hydroxylation sites is 1. The highest BCUT2D eigenvalue weighted by Gasteiger charge is 2.25. The number of amides is 1. The van der Waals surface area contributed by atoms with Crippen molar-refractivity contribution in [2.24, 2.45) is 0 Å². The fourth-order valence-corrected chi connectivity index (χ4v) is 3.86. The third-order valence-corrected chi connectivity index (χ3v) is 5.48. The molecule has 2 aromatic rings. The van der Waals surface area contributed by atoms with Crippen molar-refractivity contribution < 1.29 is 13.9 Å². The highest BCUT2D eigenvalue weighted by atomic mass is 35.5. The molecule has 174 valence electrons. The number of hydrogen-bond acceptors (Lipinski definition) is 6. The molecule has 1 aliphatic carbocycles. The number of anilines is 2. The van der Waals surface area contributed by atoms with Gasteiger partial charge in [0.2, 0.25) is 5.28 Å². The van der Waals surface area contributed by atoms with E-state index in [9.17, 15) is 9.18 Å². The van der Waals surface area contributed by atoms with E-state index in [-0.39, 0.29) is 29.3 Å². The van der Waals surface area contributed by atoms with Crippen LogP contribution in [0.1, 0.15) is 57.6 Å². The summed E-state index contributed by atoms with van der Waals surface area (Å²) in [5.74, 6) is 0.334. The Balaban J connectivity index is 1.57. The number of aryl methyl sites for hydroxylation is 1. The van der Waals surface area contributed by atoms with E-state index in [1.54, 1.807) is 12.3 Å². The summed E-state index contributed by atoms with van der Waals surface area (Å²) in [5, 5.41) is 9.70. The molecule has 1 heterocycles. The maximum Gasteiger partial charge on any atom is 0.407 e. The summed E-state index contributed by atoms with van der Waals surface area (Å²) in [6, 6.07) is 5.24. The Morgan fingerprint density at radius 3 is 2.56 bits per heavy atom. The van der Waals surface area contributed by atoms with Gasteiger partial charge in [-0.2, -0.15) is 0 Å². The van der Waals surface area contributed by atoms with Gasteiger partial charge in [-0.05, 0) is 76.6 Å². The Labute approximate surface area is 193 Å². The molecule has 1 aromatic carbocycles. The van der Waals surface area contributed by atoms with Gasteiger partial charge in [-0.25, -0.2) is 19.2 Å². The molecule has 1 saturated carbocycles. The molecule has 1 aliphatic rings. The molecule has 0 unspecified atom stereocenters. The van der Waals surface area contributed by atoms with E-state index in [0.717, 1.165) is 36.8 Å². The Kier molecular flexibility index (Phi) is 7.77. The molecule has 0 saturated heterocycles. The average molecular weight is 464 g/mol. The lowest BCUT2D eigenvalue weighted by atomic mass is 9.91. The van der Waals surface area contributed by atoms with Crippen molar-refractivity contribution >= 4 is 29.2 Å². The largest absolute Gasteiger partial charge is 0.444 e. The number of hydrogen-bond donors (Lipinski definition) is 3. The topological polar surface area (TPSA) is 88.2 Å². The van der Waals surface area contributed by atoms with Gasteiger partial charge in [0.25, 0.3) is 0 Å². The molecule has 0 aliphatic heterocycles. The van der Waals surface area contributed by atoms with Crippen molar-refractivity contribution in [3.05, 3.63) is 46.6 Å². The minimum Gasteiger partial charge on any atom is -0.444 e. The molecular formula is C23H31ClFN5O2. The fourth-order valence-electron chi connectivity index (χ4n) is 3.73. The van der Waals surface area contributed by atoms with Crippen LogP contribution in [0.3, 0.4) is 0 Å². The summed E-state index contributed by atoms with van der Waals surface area (Å²) < 4.78 is 19.5. The summed E-state index contributed by atoms with van der Waals surface area (Å²) in [5.41, 5.74) is 1.57. The fraction of sp³-hybridized carbons (Fsp3) is 0.522. The van der Waals surface area contributed by atoms with Crippen molar-refractivity contribution in [2.45, 2.75) is 77.6 Å². The van der Waals surface area contributed by atoms with E-state index < -0.39 is 5.60 Å². The molecule has 1 fully saturated rings. The molecule has 1 aromatic heterocycles. The second kappa shape index (κ2) is 10.3. The predicted molar refractivity (Wildman–Crippen MR) is 125 cm³/mol. The van der Waals surface area contributed by atoms with Gasteiger partial charge in [0, 0.05) is 30.4 Å². The summed E-state index contributed by atoms with van der Waals surface area (Å²) >= 11 is 6.03. The Morgan fingerprint density at radius 1 is 1.22 bits per heavy atom. The van der Waals surface area contributed by atoms with Gasteiger partial charge in [0.15, 0.2) is 0 Å². The molecule has 0 atom stereocenters. The van der Waals surface area contributed by atoms with Crippen LogP contribution in [-0.4, -0.2) is 33.7 Å². The second-order valence-corrected chi connectivity index (χ2v) is 9.48. The number of ether oxygens (including phenoxy) is 1. The number of rotatable bonds is 6. The lowest BCUT2D eigenvalue weighted by Crippen LogP contribution is -2.42. The van der Waals surface area contributed by atoms with Crippen LogP contribution in [0.4, 0.5) is 20.7 Å². The summed E-state index contributed by atoms with van der Waals surface area (Å²) in [7, 11) is 0. The van der Waals surface area contributed by atoms with Crippen molar-refractivity contribution in [1.29, 1.82) is 0 Å². The molecule has 0 bridgehead atoms. The highest BCUT2D eigenvalue weighted by molar-refractivity contribution is 6.28. The monoisotopic (exact) mass is 463 g/mol. The van der Waals surface area contributed by atoms with Crippen molar-refractivity contribution in [1.82, 2.24) is 15.3 Å². The van der Waals surface area contributed by atoms with Crippen LogP contribution in [0, 0.1) is 12.7 Å². The molecule has 32 heavy (non-hydrogen) atoms. The third-order valence-electron chi connectivity index (χ3n) is 5.30. The van der Waals surface area contributed by atoms with Crippen molar-refractivity contribution in [2.75, 3.05) is 10.6 Å². The van der Waals surface area contributed by atoms with Crippen LogP contribution in [0.25, 0.3) is 0 Å². The summed E-state index contributed by atoms with van der Waals surface area (Å²) in [4.78, 5) is 20.4. The number of halogens is 2. The zero-order valence-corrected chi connectivity index (χ0v) is 19.7. The molecule has 3 N–H and O–H groups in total. The van der Waals surface area contributed by atoms with E-state index in [1.807, 2.05) is 33.8 Å². The standard InChI is InChI=1S/C23H31ClFN5O2/c1-14-6-5-7-18(25)19(14)26-12-15-13-27-21(24)30-20(15)28-16-8-10-17(11-9-16)29-22(31)32-23(2,3)4/h5-7,13,16-17,26H,8-12H2,1-4H3,(H,29,31)(H,27,28,30). The normalized spacial score (nSPS) is 18.7. The molecule has 0 spiro atoms. The minimum atomic E-state index is -0.513. The van der Waals surface area contributed by atoms with Gasteiger partial charge in [-0.15, -0.1) is 0 Å². The number of nitrogens with zero attached hydrogens (tertiary/aromatic N) is 2. The maximum atomic E-state index is 14.1. The van der Waals surface area contributed by atoms with E-state index in [2.05, 4.69) is 25.9 Å². The average Bonchev–Trinajstić information content (AvgIpc) is 2.69. The summed E-state index contributed by atoms with van der Waals surface area (Å²) in [6.45, 7) is 7.75. The smallest absolute Gasteiger partial charge is 0.407 e. The van der Waals surface area contributed by atoms with Gasteiger partial charge >= 0.3 is 6.09 Å². The van der Waals surface area contributed by atoms with Crippen LogP contribution < -0.4 is 16.0 Å². The number of carbonyl (C=O) groups excluding carboxylic acids is 1. The van der Waals surface area contributed by atoms with Crippen molar-refractivity contribution in [3.63, 3.8) is 0 Å². The quantitative estimate of drug-likeness (QED) is 0.494. The number of alkyl carbamates (subject to hydrolysis) is 1. The molecular weight excluding hydrogens is 433 g/mol. The van der Waals surface area contributed by atoms with E-state index >= 15 is 0 Å². The lowest BCUT2D eigenvalue weighted by Gasteiger charge is -2.31. The lowest BCUT2D eigenvalue weighted by molar-refractivity contribution is 0.0492. The zero-order chi connectivity index (χ0) is 23.3. The molecule has 3 rings (SSSR count). The Bertz CT molecular complexity index is 922. The minimum absolute atomic E-state index is 0.0852. The van der Waals surface area contributed by atoms with E-state index in [1.165, 1.54) is 6.07 Å². The van der Waals surface area contributed by atoms with Crippen LogP contribution in [0.5, 0.6) is 0 Å². The number of benzene rings is 1. The van der Waals surface area contributed by atoms with E-state index in [0.29, 0.717) is 18.1 Å². The first-order valence-corrected chi connectivity index (χ1v) is 11.2.